The summed E-state index contributed by atoms with van der Waals surface area (Å²) in [7, 11) is -3.31. The van der Waals surface area contributed by atoms with E-state index >= 15 is 0 Å². The Labute approximate surface area is 157 Å². The Morgan fingerprint density at radius 3 is 2.61 bits per heavy atom. The van der Waals surface area contributed by atoms with Gasteiger partial charge in [0.15, 0.2) is 11.5 Å². The van der Waals surface area contributed by atoms with E-state index < -0.39 is 33.4 Å². The minimum atomic E-state index is -4.88. The molecular weight excluding hydrogens is 408 g/mol. The Kier molecular flexibility index (Phi) is 6.56. The summed E-state index contributed by atoms with van der Waals surface area (Å²) in [6, 6.07) is 2.20. The zero-order chi connectivity index (χ0) is 20.9. The molecule has 0 radical (unpaired) electrons. The van der Waals surface area contributed by atoms with Crippen molar-refractivity contribution in [1.82, 2.24) is 15.0 Å². The SMILES string of the molecule is CS(=O)(=O)NCCCNc1nonc1C(=N)Nc1ccc(F)c(C(F)(F)F)c1. The van der Waals surface area contributed by atoms with E-state index in [9.17, 15) is 26.0 Å². The summed E-state index contributed by atoms with van der Waals surface area (Å²) >= 11 is 0. The van der Waals surface area contributed by atoms with Gasteiger partial charge < -0.3 is 10.6 Å². The molecule has 0 saturated heterocycles. The zero-order valence-electron chi connectivity index (χ0n) is 14.4. The van der Waals surface area contributed by atoms with Gasteiger partial charge in [-0.15, -0.1) is 0 Å². The minimum absolute atomic E-state index is 0.0370. The van der Waals surface area contributed by atoms with E-state index in [0.717, 1.165) is 12.3 Å². The number of amidine groups is 1. The summed E-state index contributed by atoms with van der Waals surface area (Å²) in [5.74, 6) is -1.83. The number of aromatic nitrogens is 2. The maximum atomic E-state index is 13.3. The number of nitrogens with zero attached hydrogens (tertiary/aromatic N) is 2. The molecule has 0 spiro atoms. The van der Waals surface area contributed by atoms with Crippen LogP contribution in [0.25, 0.3) is 0 Å². The first-order valence-electron chi connectivity index (χ1n) is 7.71. The Morgan fingerprint density at radius 1 is 1.25 bits per heavy atom. The summed E-state index contributed by atoms with van der Waals surface area (Å²) in [5.41, 5.74) is -1.76. The average Bonchev–Trinajstić information content (AvgIpc) is 3.03. The number of alkyl halides is 3. The summed E-state index contributed by atoms with van der Waals surface area (Å²) in [5, 5.41) is 20.1. The molecular formula is C14H16F4N6O3S. The van der Waals surface area contributed by atoms with Gasteiger partial charge in [-0.25, -0.2) is 22.2 Å². The van der Waals surface area contributed by atoms with Crippen LogP contribution < -0.4 is 15.4 Å². The second-order valence-electron chi connectivity index (χ2n) is 5.60. The third-order valence-corrected chi connectivity index (χ3v) is 4.01. The monoisotopic (exact) mass is 424 g/mol. The summed E-state index contributed by atoms with van der Waals surface area (Å²) in [4.78, 5) is 0. The first-order chi connectivity index (χ1) is 13.0. The van der Waals surface area contributed by atoms with E-state index in [1.807, 2.05) is 0 Å². The third-order valence-electron chi connectivity index (χ3n) is 3.28. The Hall–Kier alpha value is -2.74. The van der Waals surface area contributed by atoms with Gasteiger partial charge in [0.25, 0.3) is 0 Å². The number of hydrogen-bond acceptors (Lipinski definition) is 7. The number of benzene rings is 1. The van der Waals surface area contributed by atoms with Crippen LogP contribution in [0.1, 0.15) is 17.7 Å². The third kappa shape index (κ3) is 6.16. The lowest BCUT2D eigenvalue weighted by molar-refractivity contribution is -0.139. The van der Waals surface area contributed by atoms with E-state index in [1.165, 1.54) is 0 Å². The Balaban J connectivity index is 2.00. The highest BCUT2D eigenvalue weighted by molar-refractivity contribution is 7.88. The maximum absolute atomic E-state index is 13.3. The van der Waals surface area contributed by atoms with E-state index in [4.69, 9.17) is 5.41 Å². The number of hydrogen-bond donors (Lipinski definition) is 4. The predicted octanol–water partition coefficient (Wildman–Crippen LogP) is 2.02. The number of nitrogens with one attached hydrogen (secondary N) is 4. The molecule has 2 rings (SSSR count). The van der Waals surface area contributed by atoms with Crippen LogP contribution in [0.15, 0.2) is 22.8 Å². The molecule has 0 atom stereocenters. The number of anilines is 2. The van der Waals surface area contributed by atoms with Gasteiger partial charge in [-0.1, -0.05) is 0 Å². The van der Waals surface area contributed by atoms with Crippen LogP contribution in [0.2, 0.25) is 0 Å². The molecule has 154 valence electrons. The van der Waals surface area contributed by atoms with Crippen LogP contribution >= 0.6 is 0 Å². The highest BCUT2D eigenvalue weighted by Gasteiger charge is 2.34. The molecule has 0 saturated carbocycles. The van der Waals surface area contributed by atoms with E-state index in [-0.39, 0.29) is 30.3 Å². The summed E-state index contributed by atoms with van der Waals surface area (Å²) in [6.45, 7) is 0.420. The molecule has 0 amide bonds. The van der Waals surface area contributed by atoms with Crippen LogP contribution in [0.5, 0.6) is 0 Å². The zero-order valence-corrected chi connectivity index (χ0v) is 15.2. The van der Waals surface area contributed by atoms with E-state index in [1.54, 1.807) is 0 Å². The largest absolute Gasteiger partial charge is 0.419 e. The highest BCUT2D eigenvalue weighted by atomic mass is 32.2. The second-order valence-corrected chi connectivity index (χ2v) is 7.43. The lowest BCUT2D eigenvalue weighted by Crippen LogP contribution is -2.24. The standard InChI is InChI=1S/C14H16F4N6O3S/c1-28(25,26)21-6-2-5-20-13-11(23-27-24-13)12(19)22-8-3-4-10(15)9(7-8)14(16,17)18/h3-4,7,21H,2,5-6H2,1H3,(H2,19,22)(H,20,24). The fourth-order valence-electron chi connectivity index (χ4n) is 2.05. The molecule has 4 N–H and O–H groups in total. The van der Waals surface area contributed by atoms with Gasteiger partial charge in [0.1, 0.15) is 5.82 Å². The highest BCUT2D eigenvalue weighted by Crippen LogP contribution is 2.33. The van der Waals surface area contributed by atoms with Crippen molar-refractivity contribution < 1.29 is 30.6 Å². The van der Waals surface area contributed by atoms with Gasteiger partial charge in [-0.05, 0) is 34.9 Å². The second kappa shape index (κ2) is 8.52. The van der Waals surface area contributed by atoms with Gasteiger partial charge >= 0.3 is 6.18 Å². The first kappa shape index (κ1) is 21.6. The quantitative estimate of drug-likeness (QED) is 0.221. The molecule has 9 nitrogen and oxygen atoms in total. The van der Waals surface area contributed by atoms with E-state index in [2.05, 4.69) is 30.3 Å². The smallest absolute Gasteiger partial charge is 0.365 e. The molecule has 0 aliphatic carbocycles. The lowest BCUT2D eigenvalue weighted by atomic mass is 10.1. The molecule has 0 unspecified atom stereocenters. The Bertz CT molecular complexity index is 945. The minimum Gasteiger partial charge on any atom is -0.365 e. The van der Waals surface area contributed by atoms with Gasteiger partial charge in [0, 0.05) is 18.8 Å². The molecule has 2 aromatic rings. The first-order valence-corrected chi connectivity index (χ1v) is 9.60. The van der Waals surface area contributed by atoms with E-state index in [0.29, 0.717) is 18.6 Å². The van der Waals surface area contributed by atoms with Gasteiger partial charge in [-0.2, -0.15) is 13.2 Å². The van der Waals surface area contributed by atoms with Gasteiger partial charge in [-0.3, -0.25) is 5.41 Å². The van der Waals surface area contributed by atoms with Gasteiger partial charge in [0.05, 0.1) is 11.8 Å². The summed E-state index contributed by atoms with van der Waals surface area (Å²) in [6.07, 6.45) is -3.48. The average molecular weight is 424 g/mol. The van der Waals surface area contributed by atoms with Crippen molar-refractivity contribution in [3.05, 3.63) is 35.3 Å². The normalized spacial score (nSPS) is 12.0. The topological polar surface area (TPSA) is 133 Å². The van der Waals surface area contributed by atoms with Crippen molar-refractivity contribution >= 4 is 27.4 Å². The van der Waals surface area contributed by atoms with Crippen molar-refractivity contribution in [3.8, 4) is 0 Å². The fourth-order valence-corrected chi connectivity index (χ4v) is 2.56. The predicted molar refractivity (Wildman–Crippen MR) is 92.1 cm³/mol. The van der Waals surface area contributed by atoms with Gasteiger partial charge in [0.2, 0.25) is 15.8 Å². The molecule has 0 fully saturated rings. The van der Waals surface area contributed by atoms with Crippen LogP contribution in [-0.4, -0.2) is 43.9 Å². The molecule has 1 aromatic carbocycles. The number of sulfonamides is 1. The van der Waals surface area contributed by atoms with Crippen molar-refractivity contribution in [3.63, 3.8) is 0 Å². The van der Waals surface area contributed by atoms with Crippen LogP contribution in [-0.2, 0) is 16.2 Å². The molecule has 0 aliphatic rings. The Morgan fingerprint density at radius 2 is 1.96 bits per heavy atom. The maximum Gasteiger partial charge on any atom is 0.419 e. The van der Waals surface area contributed by atoms with Crippen LogP contribution in [0, 0.1) is 11.2 Å². The molecule has 0 bridgehead atoms. The molecule has 14 heteroatoms. The molecule has 1 heterocycles. The molecule has 28 heavy (non-hydrogen) atoms. The summed E-state index contributed by atoms with van der Waals surface area (Å²) < 4.78 is 80.3. The fraction of sp³-hybridized carbons (Fsp3) is 0.357. The van der Waals surface area contributed by atoms with Crippen molar-refractivity contribution in [2.45, 2.75) is 12.6 Å². The number of rotatable bonds is 8. The van der Waals surface area contributed by atoms with Crippen molar-refractivity contribution in [2.24, 2.45) is 0 Å². The van der Waals surface area contributed by atoms with Crippen LogP contribution in [0.4, 0.5) is 29.1 Å². The van der Waals surface area contributed by atoms with Crippen LogP contribution in [0.3, 0.4) is 0 Å². The number of halogens is 4. The van der Waals surface area contributed by atoms with Crippen molar-refractivity contribution in [1.29, 1.82) is 5.41 Å². The van der Waals surface area contributed by atoms with Crippen molar-refractivity contribution in [2.75, 3.05) is 30.0 Å². The molecule has 1 aromatic heterocycles. The molecule has 0 aliphatic heterocycles. The lowest BCUT2D eigenvalue weighted by Gasteiger charge is -2.12.